The van der Waals surface area contributed by atoms with Crippen LogP contribution in [0.5, 0.6) is 0 Å². The van der Waals surface area contributed by atoms with Gasteiger partial charge in [-0.1, -0.05) is 35.9 Å². The second-order valence-electron chi connectivity index (χ2n) is 8.83. The molecule has 0 aliphatic carbocycles. The minimum absolute atomic E-state index is 0.0584. The van der Waals surface area contributed by atoms with Crippen LogP contribution < -0.4 is 11.1 Å². The van der Waals surface area contributed by atoms with Crippen molar-refractivity contribution in [3.05, 3.63) is 70.9 Å². The molecular weight excluding hydrogens is 414 g/mol. The Kier molecular flexibility index (Phi) is 6.49. The largest absolute Gasteiger partial charge is 0.398 e. The van der Waals surface area contributed by atoms with Crippen molar-refractivity contribution in [1.29, 1.82) is 0 Å². The van der Waals surface area contributed by atoms with Gasteiger partial charge in [0.05, 0.1) is 0 Å². The van der Waals surface area contributed by atoms with Crippen LogP contribution in [-0.2, 0) is 4.79 Å². The Morgan fingerprint density at radius 1 is 1.09 bits per heavy atom. The lowest BCUT2D eigenvalue weighted by molar-refractivity contribution is -0.126. The highest BCUT2D eigenvalue weighted by Gasteiger charge is 2.32. The van der Waals surface area contributed by atoms with Gasteiger partial charge >= 0.3 is 0 Å². The SMILES string of the molecule is Cc1cccc(C2=CNC(C(=O)N3CCN(C(=O)c4ccc(C)c(N)c4)C(C)C3)=NCC2)c1. The second kappa shape index (κ2) is 9.48. The number of rotatable bonds is 3. The van der Waals surface area contributed by atoms with Crippen LogP contribution in [0.3, 0.4) is 0 Å². The van der Waals surface area contributed by atoms with E-state index in [0.717, 1.165) is 23.1 Å². The average Bonchev–Trinajstić information content (AvgIpc) is 3.06. The maximum atomic E-state index is 13.2. The molecule has 7 heteroatoms. The van der Waals surface area contributed by atoms with E-state index in [9.17, 15) is 9.59 Å². The summed E-state index contributed by atoms with van der Waals surface area (Å²) in [7, 11) is 0. The van der Waals surface area contributed by atoms with Crippen LogP contribution in [0, 0.1) is 13.8 Å². The number of hydrogen-bond donors (Lipinski definition) is 2. The summed E-state index contributed by atoms with van der Waals surface area (Å²) in [6.45, 7) is 7.90. The number of anilines is 1. The minimum Gasteiger partial charge on any atom is -0.398 e. The van der Waals surface area contributed by atoms with E-state index < -0.39 is 0 Å². The molecule has 1 atom stereocenters. The zero-order valence-electron chi connectivity index (χ0n) is 19.5. The molecule has 0 aromatic heterocycles. The Labute approximate surface area is 195 Å². The van der Waals surface area contributed by atoms with Gasteiger partial charge < -0.3 is 20.9 Å². The Bertz CT molecular complexity index is 1140. The number of nitrogens with one attached hydrogen (secondary N) is 1. The Balaban J connectivity index is 1.40. The topological polar surface area (TPSA) is 91.0 Å². The van der Waals surface area contributed by atoms with Crippen LogP contribution in [-0.4, -0.2) is 59.7 Å². The third-order valence-corrected chi connectivity index (χ3v) is 6.33. The van der Waals surface area contributed by atoms with Crippen LogP contribution >= 0.6 is 0 Å². The number of nitrogens with two attached hydrogens (primary N) is 1. The van der Waals surface area contributed by atoms with Gasteiger partial charge in [0.15, 0.2) is 5.84 Å². The third kappa shape index (κ3) is 4.92. The fourth-order valence-electron chi connectivity index (χ4n) is 4.30. The highest BCUT2D eigenvalue weighted by atomic mass is 16.2. The first-order valence-corrected chi connectivity index (χ1v) is 11.4. The molecule has 1 unspecified atom stereocenters. The zero-order valence-corrected chi connectivity index (χ0v) is 19.5. The molecule has 2 aliphatic heterocycles. The van der Waals surface area contributed by atoms with Crippen LogP contribution in [0.25, 0.3) is 5.57 Å². The van der Waals surface area contributed by atoms with Crippen LogP contribution in [0.4, 0.5) is 5.69 Å². The van der Waals surface area contributed by atoms with Crippen LogP contribution in [0.2, 0.25) is 0 Å². The van der Waals surface area contributed by atoms with Gasteiger partial charge in [-0.3, -0.25) is 14.6 Å². The van der Waals surface area contributed by atoms with E-state index in [1.165, 1.54) is 5.56 Å². The molecule has 2 aromatic rings. The summed E-state index contributed by atoms with van der Waals surface area (Å²) < 4.78 is 0. The van der Waals surface area contributed by atoms with Crippen molar-refractivity contribution in [2.24, 2.45) is 4.99 Å². The second-order valence-corrected chi connectivity index (χ2v) is 8.83. The first-order valence-electron chi connectivity index (χ1n) is 11.4. The summed E-state index contributed by atoms with van der Waals surface area (Å²) >= 11 is 0. The van der Waals surface area contributed by atoms with Gasteiger partial charge in [-0.15, -0.1) is 0 Å². The molecule has 0 spiro atoms. The van der Waals surface area contributed by atoms with Gasteiger partial charge in [-0.25, -0.2) is 0 Å². The average molecular weight is 446 g/mol. The van der Waals surface area contributed by atoms with Crippen molar-refractivity contribution >= 4 is 28.9 Å². The number of carbonyl (C=O) groups excluding carboxylic acids is 2. The molecule has 0 saturated carbocycles. The fourth-order valence-corrected chi connectivity index (χ4v) is 4.30. The maximum Gasteiger partial charge on any atom is 0.289 e. The molecule has 1 fully saturated rings. The molecule has 1 saturated heterocycles. The van der Waals surface area contributed by atoms with E-state index in [0.29, 0.717) is 43.3 Å². The molecule has 172 valence electrons. The lowest BCUT2D eigenvalue weighted by Gasteiger charge is -2.40. The number of nitrogen functional groups attached to an aromatic ring is 1. The molecule has 2 heterocycles. The summed E-state index contributed by atoms with van der Waals surface area (Å²) in [6, 6.07) is 13.6. The smallest absolute Gasteiger partial charge is 0.289 e. The summed E-state index contributed by atoms with van der Waals surface area (Å²) in [6.07, 6.45) is 2.66. The van der Waals surface area contributed by atoms with Gasteiger partial charge in [0, 0.05) is 49.7 Å². The van der Waals surface area contributed by atoms with Crippen molar-refractivity contribution in [3.63, 3.8) is 0 Å². The number of aliphatic imine (C=N–C) groups is 1. The van der Waals surface area contributed by atoms with E-state index in [4.69, 9.17) is 5.73 Å². The van der Waals surface area contributed by atoms with E-state index in [1.54, 1.807) is 17.0 Å². The number of piperazine rings is 1. The summed E-state index contributed by atoms with van der Waals surface area (Å²) in [5, 5.41) is 3.14. The lowest BCUT2D eigenvalue weighted by Crippen LogP contribution is -2.57. The monoisotopic (exact) mass is 445 g/mol. The molecular formula is C26H31N5O2. The Morgan fingerprint density at radius 3 is 2.64 bits per heavy atom. The third-order valence-electron chi connectivity index (χ3n) is 6.33. The van der Waals surface area contributed by atoms with E-state index >= 15 is 0 Å². The number of amides is 2. The molecule has 3 N–H and O–H groups in total. The van der Waals surface area contributed by atoms with E-state index in [2.05, 4.69) is 35.4 Å². The number of hydrogen-bond acceptors (Lipinski definition) is 5. The number of amidine groups is 1. The van der Waals surface area contributed by atoms with Gasteiger partial charge in [-0.05, 0) is 56.0 Å². The molecule has 2 aliphatic rings. The Hall–Kier alpha value is -3.61. The normalized spacial score (nSPS) is 18.7. The van der Waals surface area contributed by atoms with Crippen molar-refractivity contribution in [1.82, 2.24) is 15.1 Å². The van der Waals surface area contributed by atoms with Crippen molar-refractivity contribution in [2.45, 2.75) is 33.2 Å². The molecule has 0 radical (unpaired) electrons. The molecule has 4 rings (SSSR count). The zero-order chi connectivity index (χ0) is 23.5. The minimum atomic E-state index is -0.129. The number of benzene rings is 2. The number of nitrogens with zero attached hydrogens (tertiary/aromatic N) is 3. The quantitative estimate of drug-likeness (QED) is 0.711. The number of aryl methyl sites for hydroxylation is 2. The van der Waals surface area contributed by atoms with Crippen molar-refractivity contribution in [2.75, 3.05) is 31.9 Å². The highest BCUT2D eigenvalue weighted by Crippen LogP contribution is 2.21. The molecule has 7 nitrogen and oxygen atoms in total. The summed E-state index contributed by atoms with van der Waals surface area (Å²) in [5.41, 5.74) is 11.6. The number of carbonyl (C=O) groups is 2. The first kappa shape index (κ1) is 22.6. The standard InChI is InChI=1S/C26H31N5O2/c1-17-5-4-6-20(13-17)22-9-10-28-24(29-15-22)26(33)30-11-12-31(19(3)16-30)25(32)21-8-7-18(2)23(27)14-21/h4-8,13-15,19H,9-12,16,27H2,1-3H3,(H,28,29). The van der Waals surface area contributed by atoms with Crippen molar-refractivity contribution < 1.29 is 9.59 Å². The fraction of sp³-hybridized carbons (Fsp3) is 0.346. The van der Waals surface area contributed by atoms with E-state index in [-0.39, 0.29) is 17.9 Å². The van der Waals surface area contributed by atoms with Crippen molar-refractivity contribution in [3.8, 4) is 0 Å². The molecule has 2 amide bonds. The van der Waals surface area contributed by atoms with Gasteiger partial charge in [-0.2, -0.15) is 0 Å². The first-order chi connectivity index (χ1) is 15.8. The molecule has 2 aromatic carbocycles. The molecule has 0 bridgehead atoms. The maximum absolute atomic E-state index is 13.2. The highest BCUT2D eigenvalue weighted by molar-refractivity contribution is 6.38. The lowest BCUT2D eigenvalue weighted by atomic mass is 10.0. The molecule has 33 heavy (non-hydrogen) atoms. The van der Waals surface area contributed by atoms with Crippen LogP contribution in [0.1, 0.15) is 40.4 Å². The van der Waals surface area contributed by atoms with Gasteiger partial charge in [0.25, 0.3) is 11.8 Å². The van der Waals surface area contributed by atoms with E-state index in [1.807, 2.05) is 37.1 Å². The van der Waals surface area contributed by atoms with Crippen LogP contribution in [0.15, 0.2) is 53.7 Å². The van der Waals surface area contributed by atoms with Gasteiger partial charge in [0.2, 0.25) is 0 Å². The predicted molar refractivity (Wildman–Crippen MR) is 132 cm³/mol. The summed E-state index contributed by atoms with van der Waals surface area (Å²) in [4.78, 5) is 34.3. The summed E-state index contributed by atoms with van der Waals surface area (Å²) in [5.74, 6) is 0.170. The predicted octanol–water partition coefficient (Wildman–Crippen LogP) is 2.99. The van der Waals surface area contributed by atoms with Gasteiger partial charge in [0.1, 0.15) is 0 Å². The Morgan fingerprint density at radius 2 is 1.91 bits per heavy atom.